The molecule has 2 heterocycles. The van der Waals surface area contributed by atoms with Crippen molar-refractivity contribution in [2.24, 2.45) is 0 Å². The third-order valence-corrected chi connectivity index (χ3v) is 3.01. The first-order valence-corrected chi connectivity index (χ1v) is 6.56. The Morgan fingerprint density at radius 3 is 2.74 bits per heavy atom. The Bertz CT molecular complexity index is 738. The summed E-state index contributed by atoms with van der Waals surface area (Å²) in [5, 5.41) is 3.21. The van der Waals surface area contributed by atoms with Gasteiger partial charge in [0.15, 0.2) is 5.82 Å². The summed E-state index contributed by atoms with van der Waals surface area (Å²) in [6.07, 6.45) is -3.21. The monoisotopic (exact) mass is 330 g/mol. The summed E-state index contributed by atoms with van der Waals surface area (Å²) >= 11 is 0. The van der Waals surface area contributed by atoms with Gasteiger partial charge in [-0.15, -0.1) is 0 Å². The number of nitrogens with zero attached hydrogens (tertiary/aromatic N) is 4. The molecule has 0 saturated heterocycles. The lowest BCUT2D eigenvalue weighted by Crippen LogP contribution is -2.34. The Morgan fingerprint density at radius 2 is 2.13 bits per heavy atom. The molecule has 0 aromatic carbocycles. The zero-order chi connectivity index (χ0) is 17.0. The first kappa shape index (κ1) is 16.7. The van der Waals surface area contributed by atoms with Gasteiger partial charge in [-0.2, -0.15) is 18.2 Å². The van der Waals surface area contributed by atoms with Gasteiger partial charge in [0.05, 0.1) is 0 Å². The van der Waals surface area contributed by atoms with Gasteiger partial charge in [-0.05, 0) is 6.07 Å². The molecule has 0 unspecified atom stereocenters. The molecule has 2 rings (SSSR count). The second-order valence-corrected chi connectivity index (χ2v) is 4.75. The Balaban J connectivity index is 1.90. The van der Waals surface area contributed by atoms with Crippen LogP contribution in [0.1, 0.15) is 11.7 Å². The highest BCUT2D eigenvalue weighted by atomic mass is 19.4. The minimum atomic E-state index is -4.69. The summed E-state index contributed by atoms with van der Waals surface area (Å²) in [6.45, 7) is -0.0620. The van der Waals surface area contributed by atoms with E-state index in [1.807, 2.05) is 0 Å². The molecule has 0 atom stereocenters. The van der Waals surface area contributed by atoms with Crippen molar-refractivity contribution < 1.29 is 22.5 Å². The zero-order valence-corrected chi connectivity index (χ0v) is 12.1. The topological polar surface area (TPSA) is 81.2 Å². The molecule has 0 radical (unpaired) electrons. The van der Waals surface area contributed by atoms with E-state index in [4.69, 9.17) is 0 Å². The van der Waals surface area contributed by atoms with Gasteiger partial charge in [-0.1, -0.05) is 11.2 Å². The first-order valence-electron chi connectivity index (χ1n) is 6.56. The molecule has 0 N–H and O–H groups in total. The Labute approximate surface area is 128 Å². The average molecular weight is 330 g/mol. The molecule has 23 heavy (non-hydrogen) atoms. The molecule has 0 aliphatic rings. The van der Waals surface area contributed by atoms with Crippen LogP contribution in [0.2, 0.25) is 0 Å². The highest BCUT2D eigenvalue weighted by Crippen LogP contribution is 2.27. The maximum absolute atomic E-state index is 12.3. The number of carbonyl (C=O) groups is 1. The minimum absolute atomic E-state index is 0.00546. The van der Waals surface area contributed by atoms with Gasteiger partial charge in [0, 0.05) is 32.3 Å². The molecule has 0 aliphatic heterocycles. The van der Waals surface area contributed by atoms with E-state index in [9.17, 15) is 22.8 Å². The van der Waals surface area contributed by atoms with Crippen molar-refractivity contribution in [2.45, 2.75) is 19.1 Å². The average Bonchev–Trinajstić information content (AvgIpc) is 2.96. The molecule has 7 nitrogen and oxygen atoms in total. The normalized spacial score (nSPS) is 11.5. The maximum atomic E-state index is 12.3. The first-order chi connectivity index (χ1) is 10.8. The van der Waals surface area contributed by atoms with E-state index in [1.54, 1.807) is 12.1 Å². The van der Waals surface area contributed by atoms with Gasteiger partial charge in [-0.25, -0.2) is 0 Å². The van der Waals surface area contributed by atoms with E-state index in [2.05, 4.69) is 14.7 Å². The molecule has 0 bridgehead atoms. The van der Waals surface area contributed by atoms with Crippen LogP contribution in [0.25, 0.3) is 0 Å². The smallest absolute Gasteiger partial charge is 0.344 e. The third-order valence-electron chi connectivity index (χ3n) is 3.01. The van der Waals surface area contributed by atoms with Gasteiger partial charge in [0.25, 0.3) is 5.56 Å². The maximum Gasteiger partial charge on any atom is 0.471 e. The molecule has 0 spiro atoms. The molecule has 1 amide bonds. The second-order valence-electron chi connectivity index (χ2n) is 4.75. The van der Waals surface area contributed by atoms with Gasteiger partial charge in [0.2, 0.25) is 5.91 Å². The third kappa shape index (κ3) is 4.41. The van der Waals surface area contributed by atoms with E-state index < -0.39 is 12.1 Å². The van der Waals surface area contributed by atoms with Gasteiger partial charge < -0.3 is 14.0 Å². The number of alkyl halides is 3. The van der Waals surface area contributed by atoms with Crippen molar-refractivity contribution in [1.29, 1.82) is 0 Å². The Hall–Kier alpha value is -2.65. The largest absolute Gasteiger partial charge is 0.471 e. The number of aromatic nitrogens is 3. The number of amides is 1. The van der Waals surface area contributed by atoms with Crippen LogP contribution in [-0.4, -0.2) is 39.1 Å². The highest BCUT2D eigenvalue weighted by Gasteiger charge is 2.38. The fourth-order valence-electron chi connectivity index (χ4n) is 1.72. The van der Waals surface area contributed by atoms with Crippen LogP contribution in [0, 0.1) is 0 Å². The Morgan fingerprint density at radius 1 is 1.39 bits per heavy atom. The van der Waals surface area contributed by atoms with Gasteiger partial charge >= 0.3 is 12.1 Å². The number of pyridine rings is 1. The fourth-order valence-corrected chi connectivity index (χ4v) is 1.72. The standard InChI is InChI=1S/C13H13F3N4O3/c1-19(11(22)8-20-6-3-2-4-10(20)21)7-5-9-17-12(23-18-9)13(14,15)16/h2-4,6H,5,7-8H2,1H3. The molecule has 2 aromatic heterocycles. The Kier molecular flexibility index (Phi) is 4.82. The van der Waals surface area contributed by atoms with Crippen molar-refractivity contribution in [3.05, 3.63) is 46.5 Å². The van der Waals surface area contributed by atoms with Crippen molar-refractivity contribution in [3.8, 4) is 0 Å². The van der Waals surface area contributed by atoms with Crippen molar-refractivity contribution in [3.63, 3.8) is 0 Å². The predicted molar refractivity (Wildman–Crippen MR) is 71.3 cm³/mol. The van der Waals surface area contributed by atoms with Crippen molar-refractivity contribution in [2.75, 3.05) is 13.6 Å². The zero-order valence-electron chi connectivity index (χ0n) is 12.1. The van der Waals surface area contributed by atoms with E-state index in [0.717, 1.165) is 0 Å². The van der Waals surface area contributed by atoms with E-state index in [1.165, 1.54) is 28.8 Å². The summed E-state index contributed by atoms with van der Waals surface area (Å²) in [4.78, 5) is 28.0. The summed E-state index contributed by atoms with van der Waals surface area (Å²) in [5.74, 6) is -1.93. The van der Waals surface area contributed by atoms with Crippen LogP contribution in [0.3, 0.4) is 0 Å². The number of halogens is 3. The summed E-state index contributed by atoms with van der Waals surface area (Å²) in [7, 11) is 1.47. The van der Waals surface area contributed by atoms with E-state index in [-0.39, 0.29) is 36.8 Å². The number of carbonyl (C=O) groups excluding carboxylic acids is 1. The van der Waals surface area contributed by atoms with Crippen LogP contribution in [-0.2, 0) is 23.9 Å². The quantitative estimate of drug-likeness (QED) is 0.815. The molecule has 2 aromatic rings. The number of hydrogen-bond acceptors (Lipinski definition) is 5. The SMILES string of the molecule is CN(CCc1noc(C(F)(F)F)n1)C(=O)Cn1ccccc1=O. The minimum Gasteiger partial charge on any atom is -0.344 e. The molecule has 10 heteroatoms. The lowest BCUT2D eigenvalue weighted by atomic mass is 10.3. The van der Waals surface area contributed by atoms with Gasteiger partial charge in [-0.3, -0.25) is 9.59 Å². The van der Waals surface area contributed by atoms with Crippen LogP contribution >= 0.6 is 0 Å². The number of rotatable bonds is 5. The number of likely N-dealkylation sites (N-methyl/N-ethyl adjacent to an activating group) is 1. The molecule has 124 valence electrons. The van der Waals surface area contributed by atoms with Crippen LogP contribution < -0.4 is 5.56 Å². The molecule has 0 fully saturated rings. The molecule has 0 saturated carbocycles. The van der Waals surface area contributed by atoms with Gasteiger partial charge in [0.1, 0.15) is 6.54 Å². The highest BCUT2D eigenvalue weighted by molar-refractivity contribution is 5.75. The fraction of sp³-hybridized carbons (Fsp3) is 0.385. The molecular weight excluding hydrogens is 317 g/mol. The van der Waals surface area contributed by atoms with Crippen molar-refractivity contribution >= 4 is 5.91 Å². The number of hydrogen-bond donors (Lipinski definition) is 0. The summed E-state index contributed by atoms with van der Waals surface area (Å²) in [6, 6.07) is 4.50. The lowest BCUT2D eigenvalue weighted by Gasteiger charge is -2.16. The van der Waals surface area contributed by atoms with E-state index in [0.29, 0.717) is 0 Å². The lowest BCUT2D eigenvalue weighted by molar-refractivity contribution is -0.159. The second kappa shape index (κ2) is 6.63. The summed E-state index contributed by atoms with van der Waals surface area (Å²) < 4.78 is 42.3. The van der Waals surface area contributed by atoms with Crippen LogP contribution in [0.15, 0.2) is 33.7 Å². The van der Waals surface area contributed by atoms with Crippen molar-refractivity contribution in [1.82, 2.24) is 19.6 Å². The molecular formula is C13H13F3N4O3. The molecule has 0 aliphatic carbocycles. The van der Waals surface area contributed by atoms with E-state index >= 15 is 0 Å². The predicted octanol–water partition coefficient (Wildman–Crippen LogP) is 0.951. The van der Waals surface area contributed by atoms with Crippen LogP contribution in [0.4, 0.5) is 13.2 Å². The summed E-state index contributed by atoms with van der Waals surface area (Å²) in [5.41, 5.74) is -0.317. The van der Waals surface area contributed by atoms with Crippen LogP contribution in [0.5, 0.6) is 0 Å².